The van der Waals surface area contributed by atoms with Crippen LogP contribution in [0.3, 0.4) is 0 Å². The van der Waals surface area contributed by atoms with E-state index in [-0.39, 0.29) is 10.6 Å². The highest BCUT2D eigenvalue weighted by Gasteiger charge is 2.32. The molecule has 0 amide bonds. The van der Waals surface area contributed by atoms with Crippen LogP contribution in [0.5, 0.6) is 0 Å². The van der Waals surface area contributed by atoms with Gasteiger partial charge in [-0.1, -0.05) is 35.3 Å². The van der Waals surface area contributed by atoms with Gasteiger partial charge in [-0.3, -0.25) is 0 Å². The molecule has 1 unspecified atom stereocenters. The molecule has 1 atom stereocenters. The molecule has 5 heteroatoms. The lowest BCUT2D eigenvalue weighted by Crippen LogP contribution is -2.04. The van der Waals surface area contributed by atoms with Gasteiger partial charge < -0.3 is 5.11 Å². The summed E-state index contributed by atoms with van der Waals surface area (Å²) in [4.78, 5) is 11.4. The van der Waals surface area contributed by atoms with E-state index in [9.17, 15) is 9.90 Å². The smallest absolute Gasteiger partial charge is 0.337 e. The van der Waals surface area contributed by atoms with Crippen molar-refractivity contribution in [1.29, 1.82) is 0 Å². The van der Waals surface area contributed by atoms with Gasteiger partial charge in [0.15, 0.2) is 0 Å². The van der Waals surface area contributed by atoms with E-state index in [0.717, 1.165) is 16.7 Å². The average molecular weight is 314 g/mol. The van der Waals surface area contributed by atoms with E-state index in [1.165, 1.54) is 0 Å². The highest BCUT2D eigenvalue weighted by molar-refractivity contribution is 6.35. The number of alkyl halides is 1. The molecular weight excluding hydrogens is 307 g/mol. The largest absolute Gasteiger partial charge is 0.478 e. The first-order chi connectivity index (χ1) is 9.00. The predicted molar refractivity (Wildman–Crippen MR) is 76.6 cm³/mol. The topological polar surface area (TPSA) is 37.3 Å². The molecule has 1 aliphatic carbocycles. The van der Waals surface area contributed by atoms with Gasteiger partial charge in [0.1, 0.15) is 0 Å². The molecule has 96 valence electrons. The standard InChI is InChI=1S/C14H7Cl3O2/c15-6-1-2-7-8-3-4-10(16)12(14(18)19)11(8)13(17)9(7)5-6/h1-5,13H,(H,18,19). The zero-order valence-corrected chi connectivity index (χ0v) is 11.7. The summed E-state index contributed by atoms with van der Waals surface area (Å²) in [6.45, 7) is 0. The molecule has 2 aromatic rings. The fraction of sp³-hybridized carbons (Fsp3) is 0.0714. The van der Waals surface area contributed by atoms with Crippen molar-refractivity contribution >= 4 is 40.8 Å². The van der Waals surface area contributed by atoms with E-state index in [0.29, 0.717) is 10.6 Å². The Kier molecular flexibility index (Phi) is 2.97. The number of carboxylic acids is 1. The predicted octanol–water partition coefficient (Wildman–Crippen LogP) is 5.00. The molecule has 0 saturated heterocycles. The minimum atomic E-state index is -1.08. The van der Waals surface area contributed by atoms with Crippen LogP contribution < -0.4 is 0 Å². The molecule has 0 radical (unpaired) electrons. The second-order valence-corrected chi connectivity index (χ2v) is 5.56. The number of fused-ring (bicyclic) bond motifs is 3. The van der Waals surface area contributed by atoms with Gasteiger partial charge in [0.05, 0.1) is 16.0 Å². The van der Waals surface area contributed by atoms with Crippen LogP contribution in [0.25, 0.3) is 11.1 Å². The summed E-state index contributed by atoms with van der Waals surface area (Å²) in [6.07, 6.45) is 0. The van der Waals surface area contributed by atoms with Crippen LogP contribution in [-0.4, -0.2) is 11.1 Å². The molecule has 1 aliphatic rings. The first kappa shape index (κ1) is 12.8. The SMILES string of the molecule is O=C(O)c1c(Cl)ccc2c1C(Cl)c1cc(Cl)ccc1-2. The maximum absolute atomic E-state index is 11.4. The quantitative estimate of drug-likeness (QED) is 0.752. The van der Waals surface area contributed by atoms with Gasteiger partial charge in [-0.25, -0.2) is 4.79 Å². The number of hydrogen-bond donors (Lipinski definition) is 1. The van der Waals surface area contributed by atoms with E-state index >= 15 is 0 Å². The van der Waals surface area contributed by atoms with Crippen LogP contribution in [0.15, 0.2) is 30.3 Å². The van der Waals surface area contributed by atoms with Crippen molar-refractivity contribution in [2.45, 2.75) is 5.38 Å². The molecule has 2 aromatic carbocycles. The third kappa shape index (κ3) is 1.83. The molecule has 0 aliphatic heterocycles. The van der Waals surface area contributed by atoms with E-state index in [1.807, 2.05) is 6.07 Å². The van der Waals surface area contributed by atoms with Gasteiger partial charge in [-0.15, -0.1) is 11.6 Å². The maximum atomic E-state index is 11.4. The Bertz CT molecular complexity index is 710. The molecule has 0 aromatic heterocycles. The van der Waals surface area contributed by atoms with Gasteiger partial charge in [-0.2, -0.15) is 0 Å². The van der Waals surface area contributed by atoms with Crippen molar-refractivity contribution in [3.05, 3.63) is 57.1 Å². The average Bonchev–Trinajstić information content (AvgIpc) is 2.62. The van der Waals surface area contributed by atoms with Gasteiger partial charge in [-0.05, 0) is 40.5 Å². The zero-order valence-electron chi connectivity index (χ0n) is 9.45. The number of carbonyl (C=O) groups is 1. The Balaban J connectivity index is 2.35. The summed E-state index contributed by atoms with van der Waals surface area (Å²) >= 11 is 18.3. The lowest BCUT2D eigenvalue weighted by Gasteiger charge is -2.09. The number of hydrogen-bond acceptors (Lipinski definition) is 1. The highest BCUT2D eigenvalue weighted by atomic mass is 35.5. The molecule has 0 saturated carbocycles. The number of rotatable bonds is 1. The first-order valence-corrected chi connectivity index (χ1v) is 6.69. The lowest BCUT2D eigenvalue weighted by molar-refractivity contribution is 0.0696. The first-order valence-electron chi connectivity index (χ1n) is 5.50. The Hall–Kier alpha value is -1.22. The third-order valence-corrected chi connectivity index (χ3v) is 4.24. The fourth-order valence-corrected chi connectivity index (χ4v) is 3.29. The second kappa shape index (κ2) is 4.41. The summed E-state index contributed by atoms with van der Waals surface area (Å²) in [5, 5.41) is 9.52. The number of carboxylic acid groups (broad SMARTS) is 1. The third-order valence-electron chi connectivity index (χ3n) is 3.24. The van der Waals surface area contributed by atoms with Crippen molar-refractivity contribution in [3.8, 4) is 11.1 Å². The van der Waals surface area contributed by atoms with Crippen molar-refractivity contribution in [1.82, 2.24) is 0 Å². The summed E-state index contributed by atoms with van der Waals surface area (Å²) in [5.41, 5.74) is 3.12. The minimum Gasteiger partial charge on any atom is -0.478 e. The van der Waals surface area contributed by atoms with Crippen molar-refractivity contribution < 1.29 is 9.90 Å². The van der Waals surface area contributed by atoms with Crippen LogP contribution in [0.1, 0.15) is 26.9 Å². The van der Waals surface area contributed by atoms with E-state index in [2.05, 4.69) is 0 Å². The Morgan fingerprint density at radius 3 is 2.47 bits per heavy atom. The Morgan fingerprint density at radius 2 is 1.79 bits per heavy atom. The normalized spacial score (nSPS) is 16.1. The molecule has 3 rings (SSSR count). The monoisotopic (exact) mass is 312 g/mol. The number of benzene rings is 2. The molecule has 2 nitrogen and oxygen atoms in total. The Morgan fingerprint density at radius 1 is 1.11 bits per heavy atom. The second-order valence-electron chi connectivity index (χ2n) is 4.28. The lowest BCUT2D eigenvalue weighted by atomic mass is 10.0. The van der Waals surface area contributed by atoms with Crippen LogP contribution in [0.2, 0.25) is 10.0 Å². The van der Waals surface area contributed by atoms with Crippen molar-refractivity contribution in [3.63, 3.8) is 0 Å². The minimum absolute atomic E-state index is 0.0616. The molecular formula is C14H7Cl3O2. The molecule has 0 fully saturated rings. The van der Waals surface area contributed by atoms with Gasteiger partial charge in [0, 0.05) is 5.02 Å². The molecule has 1 N–H and O–H groups in total. The highest BCUT2D eigenvalue weighted by Crippen LogP contribution is 2.50. The summed E-state index contributed by atoms with van der Waals surface area (Å²) in [5.74, 6) is -1.08. The molecule has 0 spiro atoms. The maximum Gasteiger partial charge on any atom is 0.337 e. The Labute approximate surface area is 124 Å². The summed E-state index contributed by atoms with van der Waals surface area (Å²) in [6, 6.07) is 8.73. The van der Waals surface area contributed by atoms with Gasteiger partial charge >= 0.3 is 5.97 Å². The molecule has 0 heterocycles. The van der Waals surface area contributed by atoms with E-state index in [4.69, 9.17) is 34.8 Å². The zero-order chi connectivity index (χ0) is 13.7. The van der Waals surface area contributed by atoms with Crippen molar-refractivity contribution in [2.24, 2.45) is 0 Å². The van der Waals surface area contributed by atoms with Crippen LogP contribution in [0, 0.1) is 0 Å². The van der Waals surface area contributed by atoms with E-state index in [1.54, 1.807) is 24.3 Å². The number of halogens is 3. The van der Waals surface area contributed by atoms with Crippen LogP contribution in [0.4, 0.5) is 0 Å². The van der Waals surface area contributed by atoms with Crippen molar-refractivity contribution in [2.75, 3.05) is 0 Å². The molecule has 19 heavy (non-hydrogen) atoms. The summed E-state index contributed by atoms with van der Waals surface area (Å²) in [7, 11) is 0. The van der Waals surface area contributed by atoms with Crippen LogP contribution >= 0.6 is 34.8 Å². The number of aromatic carboxylic acids is 1. The summed E-state index contributed by atoms with van der Waals surface area (Å²) < 4.78 is 0. The fourth-order valence-electron chi connectivity index (χ4n) is 2.45. The van der Waals surface area contributed by atoms with Gasteiger partial charge in [0.25, 0.3) is 0 Å². The van der Waals surface area contributed by atoms with Crippen LogP contribution in [-0.2, 0) is 0 Å². The van der Waals surface area contributed by atoms with E-state index < -0.39 is 11.3 Å². The van der Waals surface area contributed by atoms with Gasteiger partial charge in [0.2, 0.25) is 0 Å². The molecule has 0 bridgehead atoms.